The molecule has 2 aromatic rings. The van der Waals surface area contributed by atoms with Crippen LogP contribution in [0.3, 0.4) is 0 Å². The van der Waals surface area contributed by atoms with Gasteiger partial charge in [0.25, 0.3) is 0 Å². The Kier molecular flexibility index (Phi) is 8.28. The highest BCUT2D eigenvalue weighted by Gasteiger charge is 2.17. The molecule has 0 aliphatic rings. The van der Waals surface area contributed by atoms with Crippen LogP contribution in [0.5, 0.6) is 0 Å². The molecule has 0 atom stereocenters. The highest BCUT2D eigenvalue weighted by atomic mass is 32.2. The molecule has 0 radical (unpaired) electrons. The van der Waals surface area contributed by atoms with Crippen LogP contribution in [-0.2, 0) is 19.1 Å². The average Bonchev–Trinajstić information content (AvgIpc) is 3.08. The number of benzene rings is 1. The number of nitrogens with one attached hydrogen (secondary N) is 2. The highest BCUT2D eigenvalue weighted by molar-refractivity contribution is 8.01. The van der Waals surface area contributed by atoms with Gasteiger partial charge in [0.1, 0.15) is 10.7 Å². The van der Waals surface area contributed by atoms with E-state index in [1.54, 1.807) is 14.0 Å². The van der Waals surface area contributed by atoms with Crippen LogP contribution in [0, 0.1) is 0 Å². The summed E-state index contributed by atoms with van der Waals surface area (Å²) in [6.45, 7) is 2.01. The summed E-state index contributed by atoms with van der Waals surface area (Å²) < 4.78 is 5.51. The minimum Gasteiger partial charge on any atom is -0.466 e. The molecule has 0 unspecified atom stereocenters. The number of hydrogen-bond donors (Lipinski definition) is 2. The lowest BCUT2D eigenvalue weighted by Crippen LogP contribution is -2.19. The van der Waals surface area contributed by atoms with E-state index in [2.05, 4.69) is 15.6 Å². The Hall–Kier alpha value is -2.39. The first kappa shape index (κ1) is 20.9. The largest absolute Gasteiger partial charge is 0.466 e. The van der Waals surface area contributed by atoms with Gasteiger partial charge in [-0.15, -0.1) is 0 Å². The fraction of sp³-hybridized carbons (Fsp3) is 0.333. The molecule has 2 amide bonds. The molecule has 1 aromatic carbocycles. The zero-order valence-electron chi connectivity index (χ0n) is 15.1. The van der Waals surface area contributed by atoms with Gasteiger partial charge in [0.15, 0.2) is 4.34 Å². The van der Waals surface area contributed by atoms with Crippen molar-refractivity contribution >= 4 is 45.9 Å². The van der Waals surface area contributed by atoms with E-state index in [1.165, 1.54) is 23.1 Å². The van der Waals surface area contributed by atoms with Gasteiger partial charge >= 0.3 is 5.97 Å². The molecule has 0 bridgehead atoms. The number of rotatable bonds is 9. The normalized spacial score (nSPS) is 10.3. The third-order valence-electron chi connectivity index (χ3n) is 3.37. The van der Waals surface area contributed by atoms with Gasteiger partial charge in [0, 0.05) is 19.0 Å². The van der Waals surface area contributed by atoms with Crippen molar-refractivity contribution in [3.8, 4) is 11.3 Å². The molecule has 2 N–H and O–H groups in total. The number of amides is 2. The van der Waals surface area contributed by atoms with Crippen LogP contribution in [0.1, 0.15) is 19.8 Å². The summed E-state index contributed by atoms with van der Waals surface area (Å²) in [5.41, 5.74) is 1.51. The fourth-order valence-electron chi connectivity index (χ4n) is 2.08. The molecule has 27 heavy (non-hydrogen) atoms. The van der Waals surface area contributed by atoms with Crippen molar-refractivity contribution in [2.45, 2.75) is 24.1 Å². The Morgan fingerprint density at radius 1 is 1.15 bits per heavy atom. The topological polar surface area (TPSA) is 97.4 Å². The van der Waals surface area contributed by atoms with Crippen LogP contribution in [0.4, 0.5) is 5.00 Å². The van der Waals surface area contributed by atoms with Gasteiger partial charge in [0.05, 0.1) is 18.8 Å². The number of thiazole rings is 1. The third kappa shape index (κ3) is 6.69. The molecule has 0 aliphatic carbocycles. The van der Waals surface area contributed by atoms with Gasteiger partial charge < -0.3 is 15.4 Å². The molecule has 144 valence electrons. The predicted molar refractivity (Wildman–Crippen MR) is 107 cm³/mol. The summed E-state index contributed by atoms with van der Waals surface area (Å²) in [6, 6.07) is 9.47. The van der Waals surface area contributed by atoms with Gasteiger partial charge in [-0.3, -0.25) is 14.4 Å². The van der Waals surface area contributed by atoms with E-state index in [0.29, 0.717) is 21.6 Å². The molecule has 1 heterocycles. The maximum absolute atomic E-state index is 12.2. The Bertz CT molecular complexity index is 793. The third-order valence-corrected chi connectivity index (χ3v) is 5.49. The van der Waals surface area contributed by atoms with E-state index < -0.39 is 5.97 Å². The number of esters is 1. The lowest BCUT2D eigenvalue weighted by atomic mass is 10.1. The van der Waals surface area contributed by atoms with Gasteiger partial charge in [-0.1, -0.05) is 53.4 Å². The quantitative estimate of drug-likeness (QED) is 0.490. The molecular weight excluding hydrogens is 386 g/mol. The smallest absolute Gasteiger partial charge is 0.306 e. The number of carbonyl (C=O) groups is 3. The lowest BCUT2D eigenvalue weighted by molar-refractivity contribution is -0.144. The van der Waals surface area contributed by atoms with Gasteiger partial charge in [-0.05, 0) is 6.92 Å². The van der Waals surface area contributed by atoms with Crippen LogP contribution >= 0.6 is 23.1 Å². The first-order valence-electron chi connectivity index (χ1n) is 8.38. The van der Waals surface area contributed by atoms with E-state index in [-0.39, 0.29) is 30.4 Å². The van der Waals surface area contributed by atoms with Crippen LogP contribution in [0.25, 0.3) is 11.3 Å². The maximum Gasteiger partial charge on any atom is 0.306 e. The molecule has 0 saturated carbocycles. The van der Waals surface area contributed by atoms with Crippen LogP contribution in [0.15, 0.2) is 34.7 Å². The summed E-state index contributed by atoms with van der Waals surface area (Å²) >= 11 is 2.61. The number of aromatic nitrogens is 1. The summed E-state index contributed by atoms with van der Waals surface area (Å²) in [7, 11) is 1.58. The second-order valence-corrected chi connectivity index (χ2v) is 7.56. The van der Waals surface area contributed by atoms with Crippen molar-refractivity contribution in [1.29, 1.82) is 0 Å². The first-order chi connectivity index (χ1) is 13.0. The maximum atomic E-state index is 12.2. The van der Waals surface area contributed by atoms with Crippen molar-refractivity contribution in [3.05, 3.63) is 30.3 Å². The number of hydrogen-bond acceptors (Lipinski definition) is 7. The van der Waals surface area contributed by atoms with Crippen molar-refractivity contribution in [1.82, 2.24) is 10.3 Å². The van der Waals surface area contributed by atoms with E-state index in [0.717, 1.165) is 5.56 Å². The number of ether oxygens (including phenoxy) is 1. The van der Waals surface area contributed by atoms with Crippen molar-refractivity contribution in [3.63, 3.8) is 0 Å². The van der Waals surface area contributed by atoms with Crippen molar-refractivity contribution in [2.75, 3.05) is 24.7 Å². The molecule has 7 nitrogen and oxygen atoms in total. The number of thioether (sulfide) groups is 1. The van der Waals surface area contributed by atoms with Crippen LogP contribution < -0.4 is 10.6 Å². The molecular formula is C18H21N3O4S2. The molecule has 2 rings (SSSR count). The van der Waals surface area contributed by atoms with Gasteiger partial charge in [0.2, 0.25) is 11.8 Å². The lowest BCUT2D eigenvalue weighted by Gasteiger charge is -2.05. The highest BCUT2D eigenvalue weighted by Crippen LogP contribution is 2.37. The molecule has 1 aromatic heterocycles. The van der Waals surface area contributed by atoms with Gasteiger partial charge in [-0.2, -0.15) is 0 Å². The zero-order chi connectivity index (χ0) is 19.6. The van der Waals surface area contributed by atoms with E-state index in [4.69, 9.17) is 4.74 Å². The minimum atomic E-state index is -0.401. The average molecular weight is 408 g/mol. The number of anilines is 1. The molecule has 0 spiro atoms. The monoisotopic (exact) mass is 407 g/mol. The van der Waals surface area contributed by atoms with Gasteiger partial charge in [-0.25, -0.2) is 4.98 Å². The fourth-order valence-corrected chi connectivity index (χ4v) is 4.03. The van der Waals surface area contributed by atoms with Crippen molar-refractivity contribution in [2.24, 2.45) is 0 Å². The number of carbonyl (C=O) groups excluding carboxylic acids is 3. The summed E-state index contributed by atoms with van der Waals surface area (Å²) in [4.78, 5) is 39.7. The van der Waals surface area contributed by atoms with Crippen LogP contribution in [-0.4, -0.2) is 42.2 Å². The Balaban J connectivity index is 2.12. The molecule has 0 aliphatic heterocycles. The Morgan fingerprint density at radius 2 is 1.89 bits per heavy atom. The Labute approximate surface area is 165 Å². The first-order valence-corrected chi connectivity index (χ1v) is 10.2. The minimum absolute atomic E-state index is 0.0252. The summed E-state index contributed by atoms with van der Waals surface area (Å²) in [5.74, 6) is -0.542. The molecule has 0 fully saturated rings. The van der Waals surface area contributed by atoms with E-state index in [1.807, 2.05) is 30.3 Å². The second-order valence-electron chi connectivity index (χ2n) is 5.34. The Morgan fingerprint density at radius 3 is 2.56 bits per heavy atom. The van der Waals surface area contributed by atoms with E-state index in [9.17, 15) is 14.4 Å². The summed E-state index contributed by atoms with van der Waals surface area (Å²) in [5, 5.41) is 5.98. The summed E-state index contributed by atoms with van der Waals surface area (Å²) in [6.07, 6.45) is 0.0586. The van der Waals surface area contributed by atoms with E-state index >= 15 is 0 Å². The second kappa shape index (κ2) is 10.7. The SMILES string of the molecule is CCOC(=O)CCC(=O)Nc1sc(SCC(=O)NC)nc1-c1ccccc1. The predicted octanol–water partition coefficient (Wildman–Crippen LogP) is 2.93. The number of nitrogens with zero attached hydrogens (tertiary/aromatic N) is 1. The molecule has 9 heteroatoms. The zero-order valence-corrected chi connectivity index (χ0v) is 16.7. The van der Waals surface area contributed by atoms with Crippen LogP contribution in [0.2, 0.25) is 0 Å². The van der Waals surface area contributed by atoms with Crippen molar-refractivity contribution < 1.29 is 19.1 Å². The molecule has 0 saturated heterocycles. The standard InChI is InChI=1S/C18H21N3O4S2/c1-3-25-15(24)10-9-13(22)20-17-16(12-7-5-4-6-8-12)21-18(27-17)26-11-14(23)19-2/h4-8H,3,9-11H2,1-2H3,(H,19,23)(H,20,22).